The second kappa shape index (κ2) is 5.47. The van der Waals surface area contributed by atoms with E-state index in [-0.39, 0.29) is 24.3 Å². The summed E-state index contributed by atoms with van der Waals surface area (Å²) in [6.07, 6.45) is -4.59. The van der Waals surface area contributed by atoms with Crippen LogP contribution in [0.1, 0.15) is 17.8 Å². The molecule has 0 aromatic carbocycles. The van der Waals surface area contributed by atoms with Gasteiger partial charge in [0.1, 0.15) is 11.7 Å². The van der Waals surface area contributed by atoms with Gasteiger partial charge in [-0.15, -0.1) is 0 Å². The minimum absolute atomic E-state index is 0.161. The van der Waals surface area contributed by atoms with Gasteiger partial charge in [-0.1, -0.05) is 0 Å². The number of methoxy groups -OCH3 is 1. The molecule has 116 valence electrons. The van der Waals surface area contributed by atoms with Gasteiger partial charge in [0.15, 0.2) is 0 Å². The molecule has 1 fully saturated rings. The van der Waals surface area contributed by atoms with Crippen molar-refractivity contribution in [2.45, 2.75) is 31.7 Å². The van der Waals surface area contributed by atoms with E-state index in [0.29, 0.717) is 6.42 Å². The number of carbonyl (C=O) groups is 1. The highest BCUT2D eigenvalue weighted by molar-refractivity contribution is 5.83. The van der Waals surface area contributed by atoms with Crippen LogP contribution in [0.15, 0.2) is 6.07 Å². The van der Waals surface area contributed by atoms with E-state index >= 15 is 0 Å². The summed E-state index contributed by atoms with van der Waals surface area (Å²) in [7, 11) is 1.46. The normalized spacial score (nSPS) is 22.6. The number of anilines is 1. The Bertz CT molecular complexity index is 550. The quantitative estimate of drug-likeness (QED) is 0.896. The van der Waals surface area contributed by atoms with E-state index in [1.807, 2.05) is 0 Å². The van der Waals surface area contributed by atoms with Gasteiger partial charge in [-0.25, -0.2) is 9.97 Å². The lowest BCUT2D eigenvalue weighted by Gasteiger charge is -2.22. The van der Waals surface area contributed by atoms with Crippen molar-refractivity contribution in [1.29, 1.82) is 0 Å². The van der Waals surface area contributed by atoms with Gasteiger partial charge >= 0.3 is 6.18 Å². The summed E-state index contributed by atoms with van der Waals surface area (Å²) in [6.45, 7) is 1.65. The van der Waals surface area contributed by atoms with Gasteiger partial charge in [-0.2, -0.15) is 13.2 Å². The number of aromatic nitrogens is 2. The zero-order chi connectivity index (χ0) is 15.8. The third-order valence-electron chi connectivity index (χ3n) is 3.31. The first-order valence-electron chi connectivity index (χ1n) is 6.24. The van der Waals surface area contributed by atoms with E-state index in [2.05, 4.69) is 9.97 Å². The Labute approximate surface area is 119 Å². The number of primary amides is 1. The van der Waals surface area contributed by atoms with Crippen molar-refractivity contribution in [2.24, 2.45) is 5.73 Å². The van der Waals surface area contributed by atoms with E-state index < -0.39 is 23.8 Å². The van der Waals surface area contributed by atoms with Crippen molar-refractivity contribution in [1.82, 2.24) is 9.97 Å². The number of hydrogen-bond donors (Lipinski definition) is 1. The largest absolute Gasteiger partial charge is 0.433 e. The highest BCUT2D eigenvalue weighted by atomic mass is 19.4. The van der Waals surface area contributed by atoms with Crippen molar-refractivity contribution in [3.63, 3.8) is 0 Å². The third-order valence-corrected chi connectivity index (χ3v) is 3.31. The van der Waals surface area contributed by atoms with Gasteiger partial charge in [-0.3, -0.25) is 4.79 Å². The first-order valence-corrected chi connectivity index (χ1v) is 6.24. The molecule has 21 heavy (non-hydrogen) atoms. The number of alkyl halides is 3. The average Bonchev–Trinajstić information content (AvgIpc) is 2.81. The van der Waals surface area contributed by atoms with Crippen LogP contribution in [0, 0.1) is 6.92 Å². The second-order valence-corrected chi connectivity index (χ2v) is 4.86. The summed E-state index contributed by atoms with van der Waals surface area (Å²) in [5, 5.41) is 0. The number of halogens is 3. The van der Waals surface area contributed by atoms with Crippen molar-refractivity contribution in [3.05, 3.63) is 17.5 Å². The Morgan fingerprint density at radius 2 is 2.14 bits per heavy atom. The summed E-state index contributed by atoms with van der Waals surface area (Å²) in [5.74, 6) is -0.807. The van der Waals surface area contributed by atoms with Crippen LogP contribution in [0.3, 0.4) is 0 Å². The summed E-state index contributed by atoms with van der Waals surface area (Å²) >= 11 is 0. The number of hydrogen-bond acceptors (Lipinski definition) is 5. The fourth-order valence-electron chi connectivity index (χ4n) is 2.29. The van der Waals surface area contributed by atoms with Gasteiger partial charge in [0.05, 0.1) is 6.10 Å². The van der Waals surface area contributed by atoms with Crippen LogP contribution >= 0.6 is 0 Å². The maximum Gasteiger partial charge on any atom is 0.433 e. The van der Waals surface area contributed by atoms with E-state index in [1.165, 1.54) is 18.9 Å². The zero-order valence-corrected chi connectivity index (χ0v) is 11.5. The Morgan fingerprint density at radius 3 is 2.67 bits per heavy atom. The van der Waals surface area contributed by atoms with E-state index in [0.717, 1.165) is 6.07 Å². The molecule has 0 unspecified atom stereocenters. The fourth-order valence-corrected chi connectivity index (χ4v) is 2.29. The first-order chi connectivity index (χ1) is 9.72. The van der Waals surface area contributed by atoms with Crippen LogP contribution in [-0.4, -0.2) is 41.7 Å². The minimum atomic E-state index is -4.58. The summed E-state index contributed by atoms with van der Waals surface area (Å²) in [6, 6.07) is 0.0740. The molecule has 0 radical (unpaired) electrons. The fraction of sp³-hybridized carbons (Fsp3) is 0.583. The number of aryl methyl sites for hydroxylation is 1. The number of ether oxygens (including phenoxy) is 1. The van der Waals surface area contributed by atoms with Crippen molar-refractivity contribution in [2.75, 3.05) is 18.6 Å². The molecule has 1 saturated heterocycles. The first kappa shape index (κ1) is 15.5. The molecule has 2 N–H and O–H groups in total. The highest BCUT2D eigenvalue weighted by Crippen LogP contribution is 2.31. The molecule has 2 atom stereocenters. The number of amides is 1. The Kier molecular flexibility index (Phi) is 4.04. The lowest BCUT2D eigenvalue weighted by molar-refractivity contribution is -0.141. The lowest BCUT2D eigenvalue weighted by Crippen LogP contribution is -2.41. The molecule has 1 aromatic heterocycles. The molecule has 2 rings (SSSR count). The molecule has 1 amide bonds. The number of carbonyl (C=O) groups excluding carboxylic acids is 1. The van der Waals surface area contributed by atoms with Crippen LogP contribution < -0.4 is 10.6 Å². The van der Waals surface area contributed by atoms with Gasteiger partial charge in [-0.05, 0) is 13.0 Å². The Hall–Kier alpha value is -1.90. The molecule has 0 spiro atoms. The van der Waals surface area contributed by atoms with Crippen LogP contribution in [0.5, 0.6) is 0 Å². The van der Waals surface area contributed by atoms with Crippen molar-refractivity contribution < 1.29 is 22.7 Å². The molecule has 0 saturated carbocycles. The van der Waals surface area contributed by atoms with E-state index in [9.17, 15) is 18.0 Å². The van der Waals surface area contributed by atoms with Crippen molar-refractivity contribution >= 4 is 11.9 Å². The molecule has 1 aromatic rings. The molecular weight excluding hydrogens is 289 g/mol. The summed E-state index contributed by atoms with van der Waals surface area (Å²) < 4.78 is 43.6. The highest BCUT2D eigenvalue weighted by Gasteiger charge is 2.39. The zero-order valence-electron chi connectivity index (χ0n) is 11.5. The van der Waals surface area contributed by atoms with Crippen LogP contribution in [0.2, 0.25) is 0 Å². The Morgan fingerprint density at radius 1 is 1.48 bits per heavy atom. The predicted octanol–water partition coefficient (Wildman–Crippen LogP) is 0.883. The minimum Gasteiger partial charge on any atom is -0.380 e. The van der Waals surface area contributed by atoms with E-state index in [1.54, 1.807) is 0 Å². The van der Waals surface area contributed by atoms with Gasteiger partial charge in [0.2, 0.25) is 11.9 Å². The topological polar surface area (TPSA) is 81.3 Å². The van der Waals surface area contributed by atoms with Crippen molar-refractivity contribution in [3.8, 4) is 0 Å². The molecule has 2 heterocycles. The van der Waals surface area contributed by atoms with Gasteiger partial charge in [0, 0.05) is 25.8 Å². The number of nitrogens with two attached hydrogens (primary N) is 1. The maximum absolute atomic E-state index is 12.8. The number of rotatable bonds is 3. The number of nitrogens with zero attached hydrogens (tertiary/aromatic N) is 3. The van der Waals surface area contributed by atoms with Crippen LogP contribution in [0.4, 0.5) is 19.1 Å². The van der Waals surface area contributed by atoms with Crippen LogP contribution in [0.25, 0.3) is 0 Å². The predicted molar refractivity (Wildman–Crippen MR) is 67.5 cm³/mol. The molecular formula is C12H15F3N4O2. The summed E-state index contributed by atoms with van der Waals surface area (Å²) in [5.41, 5.74) is 4.41. The molecule has 0 aliphatic carbocycles. The Balaban J connectivity index is 2.40. The van der Waals surface area contributed by atoms with Crippen LogP contribution in [-0.2, 0) is 15.7 Å². The molecule has 0 bridgehead atoms. The molecule has 1 aliphatic heterocycles. The standard InChI is InChI=1S/C12H15F3N4O2/c1-6-3-9(12(13,14)15)18-11(17-6)19-5-7(21-2)4-8(19)10(16)20/h3,7-8H,4-5H2,1-2H3,(H2,16,20)/t7-,8-/m0/s1. The van der Waals surface area contributed by atoms with E-state index in [4.69, 9.17) is 10.5 Å². The maximum atomic E-state index is 12.8. The molecule has 6 nitrogen and oxygen atoms in total. The van der Waals surface area contributed by atoms with Gasteiger partial charge in [0.25, 0.3) is 0 Å². The smallest absolute Gasteiger partial charge is 0.380 e. The monoisotopic (exact) mass is 304 g/mol. The average molecular weight is 304 g/mol. The second-order valence-electron chi connectivity index (χ2n) is 4.86. The SMILES string of the molecule is CO[C@H]1C[C@@H](C(N)=O)N(c2nc(C)cc(C(F)(F)F)n2)C1. The third kappa shape index (κ3) is 3.23. The lowest BCUT2D eigenvalue weighted by atomic mass is 10.2. The summed E-state index contributed by atoms with van der Waals surface area (Å²) in [4.78, 5) is 20.3. The molecule has 1 aliphatic rings. The van der Waals surface area contributed by atoms with Gasteiger partial charge < -0.3 is 15.4 Å². The molecule has 9 heteroatoms.